The Labute approximate surface area is 154 Å². The van der Waals surface area contributed by atoms with Gasteiger partial charge in [0.05, 0.1) is 13.0 Å². The first-order chi connectivity index (χ1) is 12.4. The Morgan fingerprint density at radius 3 is 2.38 bits per heavy atom. The lowest BCUT2D eigenvalue weighted by molar-refractivity contribution is -0.146. The zero-order chi connectivity index (χ0) is 19.5. The van der Waals surface area contributed by atoms with Crippen molar-refractivity contribution in [1.82, 2.24) is 10.2 Å². The molecule has 0 aliphatic heterocycles. The van der Waals surface area contributed by atoms with Gasteiger partial charge >= 0.3 is 5.97 Å². The van der Waals surface area contributed by atoms with Crippen molar-refractivity contribution in [3.8, 4) is 5.75 Å². The lowest BCUT2D eigenvalue weighted by Gasteiger charge is -2.25. The van der Waals surface area contributed by atoms with Crippen LogP contribution < -0.4 is 10.1 Å². The highest BCUT2D eigenvalue weighted by Crippen LogP contribution is 2.13. The number of rotatable bonds is 10. The molecule has 2 amide bonds. The maximum Gasteiger partial charge on any atom is 0.310 e. The van der Waals surface area contributed by atoms with Crippen molar-refractivity contribution in [2.45, 2.75) is 27.2 Å². The molecule has 1 aromatic rings. The topological polar surface area (TPSA) is 84.9 Å². The summed E-state index contributed by atoms with van der Waals surface area (Å²) in [5.41, 5.74) is 1.19. The minimum absolute atomic E-state index is 0.139. The predicted octanol–water partition coefficient (Wildman–Crippen LogP) is 1.40. The van der Waals surface area contributed by atoms with Gasteiger partial charge in [-0.25, -0.2) is 0 Å². The second kappa shape index (κ2) is 11.1. The molecule has 7 heteroatoms. The molecule has 26 heavy (non-hydrogen) atoms. The van der Waals surface area contributed by atoms with Crippen molar-refractivity contribution in [3.05, 3.63) is 29.8 Å². The van der Waals surface area contributed by atoms with E-state index in [2.05, 4.69) is 12.2 Å². The molecule has 7 nitrogen and oxygen atoms in total. The molecule has 144 valence electrons. The lowest BCUT2D eigenvalue weighted by atomic mass is 10.1. The lowest BCUT2D eigenvalue weighted by Crippen LogP contribution is -2.43. The van der Waals surface area contributed by atoms with Crippen LogP contribution in [0.25, 0.3) is 0 Å². The van der Waals surface area contributed by atoms with Crippen LogP contribution >= 0.6 is 0 Å². The van der Waals surface area contributed by atoms with Crippen molar-refractivity contribution in [2.24, 2.45) is 5.92 Å². The number of carbonyl (C=O) groups excluding carboxylic acids is 3. The highest BCUT2D eigenvalue weighted by atomic mass is 16.5. The van der Waals surface area contributed by atoms with Gasteiger partial charge in [0, 0.05) is 26.6 Å². The zero-order valence-electron chi connectivity index (χ0n) is 15.9. The van der Waals surface area contributed by atoms with Gasteiger partial charge in [-0.15, -0.1) is 0 Å². The van der Waals surface area contributed by atoms with Crippen LogP contribution in [-0.4, -0.2) is 56.0 Å². The van der Waals surface area contributed by atoms with Gasteiger partial charge < -0.3 is 19.7 Å². The molecule has 0 saturated carbocycles. The van der Waals surface area contributed by atoms with Gasteiger partial charge in [-0.2, -0.15) is 0 Å². The molecule has 1 unspecified atom stereocenters. The fraction of sp³-hybridized carbons (Fsp3) is 0.526. The zero-order valence-corrected chi connectivity index (χ0v) is 15.9. The van der Waals surface area contributed by atoms with E-state index in [-0.39, 0.29) is 31.5 Å². The van der Waals surface area contributed by atoms with Gasteiger partial charge in [0.2, 0.25) is 5.91 Å². The molecule has 0 fully saturated rings. The van der Waals surface area contributed by atoms with Gasteiger partial charge in [-0.05, 0) is 24.1 Å². The number of nitrogens with one attached hydrogen (secondary N) is 1. The Bertz CT molecular complexity index is 600. The number of methoxy groups -OCH3 is 1. The third-order valence-electron chi connectivity index (χ3n) is 3.90. The number of carbonyl (C=O) groups is 3. The average molecular weight is 364 g/mol. The Balaban J connectivity index is 2.65. The minimum atomic E-state index is -0.467. The summed E-state index contributed by atoms with van der Waals surface area (Å²) in [5, 5.41) is 2.64. The van der Waals surface area contributed by atoms with Gasteiger partial charge in [0.1, 0.15) is 5.75 Å². The number of nitrogens with zero attached hydrogens (tertiary/aromatic N) is 1. The molecular formula is C19H28N2O5. The molecule has 1 atom stereocenters. The molecule has 1 rings (SSSR count). The molecule has 0 radical (unpaired) electrons. The number of esters is 1. The molecule has 0 aromatic heterocycles. The summed E-state index contributed by atoms with van der Waals surface area (Å²) in [6, 6.07) is 7.55. The fourth-order valence-electron chi connectivity index (χ4n) is 2.35. The summed E-state index contributed by atoms with van der Waals surface area (Å²) < 4.78 is 10.3. The van der Waals surface area contributed by atoms with E-state index in [0.717, 1.165) is 6.42 Å². The van der Waals surface area contributed by atoms with Crippen LogP contribution in [0.15, 0.2) is 24.3 Å². The molecule has 0 bridgehead atoms. The SMILES string of the molecule is CCc1ccc(OCC(=O)N(CCNC(C)=O)CC(C)C(=O)OC)cc1. The number of hydrogen-bond donors (Lipinski definition) is 1. The molecular weight excluding hydrogens is 336 g/mol. The maximum absolute atomic E-state index is 12.5. The number of ether oxygens (including phenoxy) is 2. The fourth-order valence-corrected chi connectivity index (χ4v) is 2.35. The van der Waals surface area contributed by atoms with E-state index in [9.17, 15) is 14.4 Å². The van der Waals surface area contributed by atoms with Crippen LogP contribution in [0.2, 0.25) is 0 Å². The van der Waals surface area contributed by atoms with Gasteiger partial charge in [-0.3, -0.25) is 14.4 Å². The van der Waals surface area contributed by atoms with E-state index in [1.165, 1.54) is 24.5 Å². The smallest absolute Gasteiger partial charge is 0.310 e. The van der Waals surface area contributed by atoms with Gasteiger partial charge in [-0.1, -0.05) is 26.0 Å². The number of aryl methyl sites for hydroxylation is 1. The Kier molecular flexibility index (Phi) is 9.19. The Morgan fingerprint density at radius 1 is 1.19 bits per heavy atom. The first kappa shape index (κ1) is 21.5. The third-order valence-corrected chi connectivity index (χ3v) is 3.90. The summed E-state index contributed by atoms with van der Waals surface area (Å²) in [7, 11) is 1.31. The summed E-state index contributed by atoms with van der Waals surface area (Å²) in [6.07, 6.45) is 0.932. The maximum atomic E-state index is 12.5. The second-order valence-corrected chi connectivity index (χ2v) is 6.03. The molecule has 0 aliphatic carbocycles. The van der Waals surface area contributed by atoms with Crippen LogP contribution in [0.4, 0.5) is 0 Å². The van der Waals surface area contributed by atoms with Crippen LogP contribution in [0.3, 0.4) is 0 Å². The normalized spacial score (nSPS) is 11.4. The van der Waals surface area contributed by atoms with Crippen LogP contribution in [0.1, 0.15) is 26.3 Å². The molecule has 0 heterocycles. The van der Waals surface area contributed by atoms with Crippen molar-refractivity contribution in [2.75, 3.05) is 33.4 Å². The van der Waals surface area contributed by atoms with E-state index in [1.54, 1.807) is 6.92 Å². The summed E-state index contributed by atoms with van der Waals surface area (Å²) in [4.78, 5) is 36.6. The van der Waals surface area contributed by atoms with Crippen LogP contribution in [0.5, 0.6) is 5.75 Å². The molecule has 1 N–H and O–H groups in total. The van der Waals surface area contributed by atoms with Crippen molar-refractivity contribution in [1.29, 1.82) is 0 Å². The molecule has 0 saturated heterocycles. The van der Waals surface area contributed by atoms with Crippen molar-refractivity contribution in [3.63, 3.8) is 0 Å². The third kappa shape index (κ3) is 7.55. The van der Waals surface area contributed by atoms with Gasteiger partial charge in [0.25, 0.3) is 5.91 Å². The van der Waals surface area contributed by atoms with E-state index < -0.39 is 11.9 Å². The largest absolute Gasteiger partial charge is 0.484 e. The standard InChI is InChI=1S/C19H28N2O5/c1-5-16-6-8-17(9-7-16)26-13-18(23)21(11-10-20-15(3)22)12-14(2)19(24)25-4/h6-9,14H,5,10-13H2,1-4H3,(H,20,22). The van der Waals surface area contributed by atoms with Crippen molar-refractivity contribution < 1.29 is 23.9 Å². The first-order valence-corrected chi connectivity index (χ1v) is 8.69. The van der Waals surface area contributed by atoms with E-state index in [1.807, 2.05) is 24.3 Å². The second-order valence-electron chi connectivity index (χ2n) is 6.03. The summed E-state index contributed by atoms with van der Waals surface area (Å²) in [5.74, 6) is -0.682. The number of benzene rings is 1. The first-order valence-electron chi connectivity index (χ1n) is 8.69. The molecule has 0 aliphatic rings. The quantitative estimate of drug-likeness (QED) is 0.635. The average Bonchev–Trinajstić information content (AvgIpc) is 2.64. The number of amides is 2. The molecule has 0 spiro atoms. The van der Waals surface area contributed by atoms with E-state index >= 15 is 0 Å². The Morgan fingerprint density at radius 2 is 1.85 bits per heavy atom. The van der Waals surface area contributed by atoms with Crippen LogP contribution in [-0.2, 0) is 25.5 Å². The number of hydrogen-bond acceptors (Lipinski definition) is 5. The van der Waals surface area contributed by atoms with E-state index in [0.29, 0.717) is 12.3 Å². The minimum Gasteiger partial charge on any atom is -0.484 e. The van der Waals surface area contributed by atoms with Gasteiger partial charge in [0.15, 0.2) is 6.61 Å². The highest BCUT2D eigenvalue weighted by molar-refractivity contribution is 5.79. The van der Waals surface area contributed by atoms with E-state index in [4.69, 9.17) is 9.47 Å². The highest BCUT2D eigenvalue weighted by Gasteiger charge is 2.21. The molecule has 1 aromatic carbocycles. The predicted molar refractivity (Wildman–Crippen MR) is 97.8 cm³/mol. The van der Waals surface area contributed by atoms with Crippen molar-refractivity contribution >= 4 is 17.8 Å². The van der Waals surface area contributed by atoms with Crippen LogP contribution in [0, 0.1) is 5.92 Å². The summed E-state index contributed by atoms with van der Waals surface area (Å²) in [6.45, 7) is 5.82. The summed E-state index contributed by atoms with van der Waals surface area (Å²) >= 11 is 0. The Hall–Kier alpha value is -2.57. The monoisotopic (exact) mass is 364 g/mol.